The number of nitrogens with zero attached hydrogens (tertiary/aromatic N) is 2. The van der Waals surface area contributed by atoms with Crippen LogP contribution in [0.15, 0.2) is 55.6 Å². The number of carbonyl (C=O) groups is 4. The number of carbonyl (C=O) groups excluding carboxylic acids is 4. The van der Waals surface area contributed by atoms with Crippen LogP contribution in [0.25, 0.3) is 0 Å². The fraction of sp³-hybridized carbons (Fsp3) is 0.588. The van der Waals surface area contributed by atoms with Crippen LogP contribution in [0.4, 0.5) is 0 Å². The summed E-state index contributed by atoms with van der Waals surface area (Å²) < 4.78 is 12.6. The van der Waals surface area contributed by atoms with Crippen LogP contribution in [0.5, 0.6) is 0 Å². The third-order valence-electron chi connectivity index (χ3n) is 9.05. The van der Waals surface area contributed by atoms with Crippen LogP contribution >= 0.6 is 0 Å². The van der Waals surface area contributed by atoms with Crippen LogP contribution in [0.1, 0.15) is 70.0 Å². The number of unbranched alkanes of at least 4 members (excludes halogenated alkanes) is 2. The fourth-order valence-corrected chi connectivity index (χ4v) is 6.95. The minimum atomic E-state index is -1.13. The second-order valence-corrected chi connectivity index (χ2v) is 11.9. The molecule has 3 aliphatic heterocycles. The molecule has 1 aromatic rings. The molecule has 0 aromatic heterocycles. The van der Waals surface area contributed by atoms with Crippen molar-refractivity contribution < 1.29 is 33.8 Å². The van der Waals surface area contributed by atoms with Crippen molar-refractivity contribution in [2.75, 3.05) is 32.8 Å². The van der Waals surface area contributed by atoms with Crippen molar-refractivity contribution >= 4 is 23.7 Å². The van der Waals surface area contributed by atoms with Crippen LogP contribution in [-0.2, 0) is 28.7 Å². The third-order valence-corrected chi connectivity index (χ3v) is 9.05. The van der Waals surface area contributed by atoms with E-state index in [1.807, 2.05) is 30.3 Å². The van der Waals surface area contributed by atoms with Crippen molar-refractivity contribution in [1.29, 1.82) is 0 Å². The number of benzene rings is 1. The topological polar surface area (TPSA) is 125 Å². The Balaban J connectivity index is 1.61. The molecule has 240 valence electrons. The normalized spacial score (nSPS) is 25.8. The lowest BCUT2D eigenvalue weighted by molar-refractivity contribution is -0.160. The first-order valence-electron chi connectivity index (χ1n) is 15.9. The monoisotopic (exact) mass is 609 g/mol. The standard InChI is InChI=1S/C34H47N3O7/c1-4-7-16-27(39)35-23-26(24-14-10-9-11-15-24)43-33(42)28-25-17-18-34(44-25)29(28)31(40)37(21-12-13-22-38)30(34)32(41)36(19-6-3)20-8-5-2/h4,6,9-11,14-15,25-26,28-30,38H,1,3,5,7-8,12-13,16-23H2,2H3,(H,35,39)/t25-,26-,28+,29+,30-,34+/m1/s1. The van der Waals surface area contributed by atoms with E-state index < -0.39 is 41.7 Å². The van der Waals surface area contributed by atoms with Crippen molar-refractivity contribution in [3.05, 3.63) is 61.2 Å². The second-order valence-electron chi connectivity index (χ2n) is 11.9. The predicted molar refractivity (Wildman–Crippen MR) is 165 cm³/mol. The summed E-state index contributed by atoms with van der Waals surface area (Å²) in [4.78, 5) is 58.1. The quantitative estimate of drug-likeness (QED) is 0.149. The molecular weight excluding hydrogens is 562 g/mol. The zero-order chi connectivity index (χ0) is 31.7. The Labute approximate surface area is 260 Å². The summed E-state index contributed by atoms with van der Waals surface area (Å²) in [6, 6.07) is 8.31. The molecule has 0 radical (unpaired) electrons. The zero-order valence-corrected chi connectivity index (χ0v) is 25.8. The molecule has 3 saturated heterocycles. The number of allylic oxidation sites excluding steroid dienone is 1. The van der Waals surface area contributed by atoms with E-state index in [9.17, 15) is 24.3 Å². The number of hydrogen-bond acceptors (Lipinski definition) is 7. The highest BCUT2D eigenvalue weighted by molar-refractivity contribution is 5.98. The smallest absolute Gasteiger partial charge is 0.313 e. The average molecular weight is 610 g/mol. The lowest BCUT2D eigenvalue weighted by atomic mass is 9.70. The van der Waals surface area contributed by atoms with Crippen molar-refractivity contribution in [2.45, 2.75) is 82.1 Å². The molecule has 0 aliphatic carbocycles. The molecule has 0 saturated carbocycles. The molecule has 6 atom stereocenters. The molecular formula is C34H47N3O7. The van der Waals surface area contributed by atoms with Crippen LogP contribution in [0, 0.1) is 11.8 Å². The summed E-state index contributed by atoms with van der Waals surface area (Å²) >= 11 is 0. The first-order chi connectivity index (χ1) is 21.3. The number of esters is 1. The van der Waals surface area contributed by atoms with Gasteiger partial charge in [0, 0.05) is 32.7 Å². The van der Waals surface area contributed by atoms with Gasteiger partial charge in [-0.25, -0.2) is 0 Å². The number of rotatable bonds is 18. The van der Waals surface area contributed by atoms with Gasteiger partial charge in [0.25, 0.3) is 0 Å². The van der Waals surface area contributed by atoms with Gasteiger partial charge in [-0.2, -0.15) is 0 Å². The SMILES string of the molecule is C=CCCC(=O)NC[C@@H](OC(=O)[C@@H]1[C@H]2C(=O)N(CCCCO)[C@H](C(=O)N(CC=C)CCCC)[C@]23CC[C@H]1O3)c1ccccc1. The van der Waals surface area contributed by atoms with Gasteiger partial charge in [-0.1, -0.05) is 55.8 Å². The lowest BCUT2D eigenvalue weighted by Gasteiger charge is -2.36. The number of hydrogen-bond donors (Lipinski definition) is 2. The minimum Gasteiger partial charge on any atom is -0.455 e. The van der Waals surface area contributed by atoms with Gasteiger partial charge in [0.05, 0.1) is 24.5 Å². The third kappa shape index (κ3) is 6.91. The molecule has 4 rings (SSSR count). The highest BCUT2D eigenvalue weighted by Crippen LogP contribution is 2.59. The zero-order valence-electron chi connectivity index (χ0n) is 25.8. The average Bonchev–Trinajstić information content (AvgIpc) is 3.67. The number of fused-ring (bicyclic) bond motifs is 1. The van der Waals surface area contributed by atoms with E-state index in [2.05, 4.69) is 25.4 Å². The Bertz CT molecular complexity index is 1190. The van der Waals surface area contributed by atoms with Crippen molar-refractivity contribution in [3.63, 3.8) is 0 Å². The Morgan fingerprint density at radius 2 is 1.98 bits per heavy atom. The molecule has 1 spiro atoms. The van der Waals surface area contributed by atoms with Crippen molar-refractivity contribution in [1.82, 2.24) is 15.1 Å². The van der Waals surface area contributed by atoms with Gasteiger partial charge in [0.1, 0.15) is 17.7 Å². The lowest BCUT2D eigenvalue weighted by Crippen LogP contribution is -2.56. The van der Waals surface area contributed by atoms with E-state index in [4.69, 9.17) is 9.47 Å². The van der Waals surface area contributed by atoms with Gasteiger partial charge in [-0.15, -0.1) is 13.2 Å². The molecule has 2 N–H and O–H groups in total. The molecule has 10 heteroatoms. The van der Waals surface area contributed by atoms with E-state index in [1.54, 1.807) is 22.0 Å². The highest BCUT2D eigenvalue weighted by atomic mass is 16.6. The number of nitrogens with one attached hydrogen (secondary N) is 1. The van der Waals surface area contributed by atoms with E-state index in [-0.39, 0.29) is 43.8 Å². The van der Waals surface area contributed by atoms with Gasteiger partial charge in [0.15, 0.2) is 0 Å². The summed E-state index contributed by atoms with van der Waals surface area (Å²) in [5.74, 6) is -2.96. The van der Waals surface area contributed by atoms with Gasteiger partial charge in [0.2, 0.25) is 17.7 Å². The summed E-state index contributed by atoms with van der Waals surface area (Å²) in [6.45, 7) is 10.8. The first kappa shape index (κ1) is 33.4. The van der Waals surface area contributed by atoms with Crippen LogP contribution in [0.2, 0.25) is 0 Å². The number of likely N-dealkylation sites (tertiary alicyclic amines) is 1. The summed E-state index contributed by atoms with van der Waals surface area (Å²) in [7, 11) is 0. The van der Waals surface area contributed by atoms with Crippen LogP contribution < -0.4 is 5.32 Å². The number of aliphatic hydroxyl groups is 1. The molecule has 3 fully saturated rings. The summed E-state index contributed by atoms with van der Waals surface area (Å²) in [5.41, 5.74) is -0.412. The number of amides is 3. The Kier molecular flexibility index (Phi) is 11.7. The van der Waals surface area contributed by atoms with Crippen molar-refractivity contribution in [2.24, 2.45) is 11.8 Å². The maximum Gasteiger partial charge on any atom is 0.313 e. The molecule has 10 nitrogen and oxygen atoms in total. The molecule has 1 aromatic carbocycles. The number of ether oxygens (including phenoxy) is 2. The Morgan fingerprint density at radius 3 is 2.66 bits per heavy atom. The Hall–Kier alpha value is -3.50. The Morgan fingerprint density at radius 1 is 1.20 bits per heavy atom. The van der Waals surface area contributed by atoms with Gasteiger partial charge < -0.3 is 29.7 Å². The second kappa shape index (κ2) is 15.5. The summed E-state index contributed by atoms with van der Waals surface area (Å²) in [6.07, 6.45) is 6.59. The predicted octanol–water partition coefficient (Wildman–Crippen LogP) is 3.32. The summed E-state index contributed by atoms with van der Waals surface area (Å²) in [5, 5.41) is 12.3. The van der Waals surface area contributed by atoms with Crippen molar-refractivity contribution in [3.8, 4) is 0 Å². The van der Waals surface area contributed by atoms with E-state index in [0.29, 0.717) is 45.2 Å². The van der Waals surface area contributed by atoms with Crippen LogP contribution in [0.3, 0.4) is 0 Å². The van der Waals surface area contributed by atoms with Gasteiger partial charge >= 0.3 is 5.97 Å². The van der Waals surface area contributed by atoms with E-state index >= 15 is 0 Å². The first-order valence-corrected chi connectivity index (χ1v) is 15.9. The van der Waals surface area contributed by atoms with Gasteiger partial charge in [-0.3, -0.25) is 19.2 Å². The fourth-order valence-electron chi connectivity index (χ4n) is 6.95. The maximum absolute atomic E-state index is 14.2. The van der Waals surface area contributed by atoms with Crippen LogP contribution in [-0.4, -0.2) is 89.1 Å². The molecule has 3 amide bonds. The molecule has 0 unspecified atom stereocenters. The van der Waals surface area contributed by atoms with Gasteiger partial charge in [-0.05, 0) is 44.1 Å². The molecule has 2 bridgehead atoms. The van der Waals surface area contributed by atoms with E-state index in [1.165, 1.54) is 0 Å². The largest absolute Gasteiger partial charge is 0.455 e. The molecule has 3 heterocycles. The molecule has 44 heavy (non-hydrogen) atoms. The maximum atomic E-state index is 14.2. The molecule has 3 aliphatic rings. The minimum absolute atomic E-state index is 0.0210. The highest BCUT2D eigenvalue weighted by Gasteiger charge is 2.75. The van der Waals surface area contributed by atoms with E-state index in [0.717, 1.165) is 18.4 Å². The number of aliphatic hydroxyl groups excluding tert-OH is 1.